The smallest absolute Gasteiger partial charge is 0.306 e. The number of carbonyl (C=O) groups is 3. The standard InChI is InChI=1S/C63H104O6/c1-4-7-10-13-15-17-19-21-23-25-27-28-29-30-31-32-33-34-36-37-39-41-43-45-47-50-53-56-62(65)68-59-60(58-67-61(64)55-52-49-12-9-6-3)69-63(66)57-54-51-48-46-44-42-40-38-35-26-24-22-20-18-16-14-11-8-5-2/h7-8,10-11,15-18,21-24,27-28,30-31,35,38,60H,4-6,9,12-14,19-20,25-26,29,32-34,36-37,39-59H2,1-3H3/b10-7-,11-8-,17-15-,18-16-,23-21-,24-22-,28-27-,31-30-,38-35-. The fraction of sp³-hybridized carbons (Fsp3) is 0.667. The van der Waals surface area contributed by atoms with E-state index >= 15 is 0 Å². The van der Waals surface area contributed by atoms with Gasteiger partial charge in [-0.05, 0) is 103 Å². The van der Waals surface area contributed by atoms with E-state index < -0.39 is 6.10 Å². The van der Waals surface area contributed by atoms with Crippen molar-refractivity contribution < 1.29 is 28.6 Å². The minimum absolute atomic E-state index is 0.0861. The van der Waals surface area contributed by atoms with Crippen molar-refractivity contribution in [2.24, 2.45) is 0 Å². The van der Waals surface area contributed by atoms with Gasteiger partial charge in [-0.2, -0.15) is 0 Å². The van der Waals surface area contributed by atoms with Crippen molar-refractivity contribution in [3.63, 3.8) is 0 Å². The highest BCUT2D eigenvalue weighted by Gasteiger charge is 2.19. The predicted molar refractivity (Wildman–Crippen MR) is 297 cm³/mol. The average Bonchev–Trinajstić information content (AvgIpc) is 3.35. The van der Waals surface area contributed by atoms with E-state index in [-0.39, 0.29) is 31.1 Å². The van der Waals surface area contributed by atoms with E-state index in [1.807, 2.05) is 0 Å². The maximum atomic E-state index is 12.8. The van der Waals surface area contributed by atoms with Crippen molar-refractivity contribution in [3.8, 4) is 0 Å². The molecule has 0 aliphatic rings. The van der Waals surface area contributed by atoms with Gasteiger partial charge in [0.1, 0.15) is 13.2 Å². The molecule has 0 N–H and O–H groups in total. The van der Waals surface area contributed by atoms with Crippen molar-refractivity contribution in [1.82, 2.24) is 0 Å². The van der Waals surface area contributed by atoms with E-state index in [4.69, 9.17) is 14.2 Å². The number of esters is 3. The molecule has 0 saturated carbocycles. The Morgan fingerprint density at radius 2 is 0.565 bits per heavy atom. The Labute approximate surface area is 425 Å². The number of allylic oxidation sites excluding steroid dienone is 18. The molecular weight excluding hydrogens is 853 g/mol. The Morgan fingerprint density at radius 1 is 0.304 bits per heavy atom. The van der Waals surface area contributed by atoms with Crippen molar-refractivity contribution >= 4 is 17.9 Å². The number of hydrogen-bond donors (Lipinski definition) is 0. The second-order valence-corrected chi connectivity index (χ2v) is 18.4. The van der Waals surface area contributed by atoms with Gasteiger partial charge >= 0.3 is 17.9 Å². The van der Waals surface area contributed by atoms with Crippen LogP contribution < -0.4 is 0 Å². The summed E-state index contributed by atoms with van der Waals surface area (Å²) in [6, 6.07) is 0. The first kappa shape index (κ1) is 65.1. The van der Waals surface area contributed by atoms with Gasteiger partial charge in [0.25, 0.3) is 0 Å². The molecule has 0 aromatic carbocycles. The molecule has 0 saturated heterocycles. The first-order valence-electron chi connectivity index (χ1n) is 28.4. The molecule has 1 unspecified atom stereocenters. The molecule has 0 rings (SSSR count). The SMILES string of the molecule is CC/C=C\C/C=C\C/C=C\C/C=C\C/C=C\CCCCCCCCCCCCCC(=O)OCC(COC(=O)CCCCCCC)OC(=O)CCCCCCCC/C=C\C/C=C\C/C=C\C/C=C\CC. The van der Waals surface area contributed by atoms with Crippen LogP contribution in [0.4, 0.5) is 0 Å². The molecular formula is C63H104O6. The maximum absolute atomic E-state index is 12.8. The number of rotatable bonds is 50. The third kappa shape index (κ3) is 54.9. The second-order valence-electron chi connectivity index (χ2n) is 18.4. The third-order valence-corrected chi connectivity index (χ3v) is 11.8. The van der Waals surface area contributed by atoms with Crippen LogP contribution in [0.2, 0.25) is 0 Å². The van der Waals surface area contributed by atoms with Crippen molar-refractivity contribution in [3.05, 3.63) is 109 Å². The number of unbranched alkanes of at least 4 members (excludes halogenated alkanes) is 21. The van der Waals surface area contributed by atoms with Gasteiger partial charge in [-0.1, -0.05) is 239 Å². The summed E-state index contributed by atoms with van der Waals surface area (Å²) in [5.41, 5.74) is 0. The molecule has 6 nitrogen and oxygen atoms in total. The van der Waals surface area contributed by atoms with Gasteiger partial charge in [-0.15, -0.1) is 0 Å². The lowest BCUT2D eigenvalue weighted by Crippen LogP contribution is -2.30. The van der Waals surface area contributed by atoms with E-state index in [0.717, 1.165) is 135 Å². The summed E-state index contributed by atoms with van der Waals surface area (Å²) in [6.07, 6.45) is 76.9. The fourth-order valence-corrected chi connectivity index (χ4v) is 7.58. The maximum Gasteiger partial charge on any atom is 0.306 e. The summed E-state index contributed by atoms with van der Waals surface area (Å²) in [4.78, 5) is 37.8. The van der Waals surface area contributed by atoms with Gasteiger partial charge in [-0.3, -0.25) is 14.4 Å². The Balaban J connectivity index is 4.12. The van der Waals surface area contributed by atoms with Crippen LogP contribution in [-0.2, 0) is 28.6 Å². The normalized spacial score (nSPS) is 12.9. The molecule has 6 heteroatoms. The lowest BCUT2D eigenvalue weighted by molar-refractivity contribution is -0.167. The van der Waals surface area contributed by atoms with E-state index in [9.17, 15) is 14.4 Å². The Bertz CT molecular complexity index is 1420. The second kappa shape index (κ2) is 56.7. The first-order chi connectivity index (χ1) is 34.0. The highest BCUT2D eigenvalue weighted by Crippen LogP contribution is 2.15. The van der Waals surface area contributed by atoms with Crippen molar-refractivity contribution in [1.29, 1.82) is 0 Å². The number of hydrogen-bond acceptors (Lipinski definition) is 6. The van der Waals surface area contributed by atoms with Crippen LogP contribution in [0, 0.1) is 0 Å². The van der Waals surface area contributed by atoms with E-state index in [1.54, 1.807) is 0 Å². The van der Waals surface area contributed by atoms with Crippen LogP contribution in [0.25, 0.3) is 0 Å². The number of carbonyl (C=O) groups excluding carboxylic acids is 3. The molecule has 0 aliphatic heterocycles. The Kier molecular flexibility index (Phi) is 53.4. The van der Waals surface area contributed by atoms with Gasteiger partial charge in [0, 0.05) is 19.3 Å². The molecule has 0 aliphatic carbocycles. The van der Waals surface area contributed by atoms with Gasteiger partial charge in [0.2, 0.25) is 0 Å². The van der Waals surface area contributed by atoms with E-state index in [2.05, 4.69) is 130 Å². The molecule has 69 heavy (non-hydrogen) atoms. The molecule has 1 atom stereocenters. The number of ether oxygens (including phenoxy) is 3. The minimum Gasteiger partial charge on any atom is -0.462 e. The zero-order chi connectivity index (χ0) is 50.0. The lowest BCUT2D eigenvalue weighted by Gasteiger charge is -2.18. The van der Waals surface area contributed by atoms with Crippen LogP contribution in [0.5, 0.6) is 0 Å². The van der Waals surface area contributed by atoms with Crippen LogP contribution in [0.15, 0.2) is 109 Å². The van der Waals surface area contributed by atoms with E-state index in [1.165, 1.54) is 77.0 Å². The summed E-state index contributed by atoms with van der Waals surface area (Å²) in [7, 11) is 0. The van der Waals surface area contributed by atoms with Crippen LogP contribution in [0.1, 0.15) is 252 Å². The molecule has 0 fully saturated rings. The predicted octanol–water partition coefficient (Wildman–Crippen LogP) is 19.1. The summed E-state index contributed by atoms with van der Waals surface area (Å²) in [5, 5.41) is 0. The van der Waals surface area contributed by atoms with Gasteiger partial charge in [0.15, 0.2) is 6.10 Å². The summed E-state index contributed by atoms with van der Waals surface area (Å²) in [6.45, 7) is 6.31. The molecule has 0 amide bonds. The monoisotopic (exact) mass is 957 g/mol. The molecule has 0 radical (unpaired) electrons. The minimum atomic E-state index is -0.784. The largest absolute Gasteiger partial charge is 0.462 e. The van der Waals surface area contributed by atoms with Crippen LogP contribution in [-0.4, -0.2) is 37.2 Å². The molecule has 0 aromatic heterocycles. The first-order valence-corrected chi connectivity index (χ1v) is 28.4. The Hall–Kier alpha value is -3.93. The average molecular weight is 958 g/mol. The lowest BCUT2D eigenvalue weighted by atomic mass is 10.0. The highest BCUT2D eigenvalue weighted by molar-refractivity contribution is 5.71. The summed E-state index contributed by atoms with van der Waals surface area (Å²) in [5.74, 6) is -0.918. The van der Waals surface area contributed by atoms with Crippen LogP contribution >= 0.6 is 0 Å². The molecule has 0 bridgehead atoms. The summed E-state index contributed by atoms with van der Waals surface area (Å²) >= 11 is 0. The fourth-order valence-electron chi connectivity index (χ4n) is 7.58. The topological polar surface area (TPSA) is 78.9 Å². The summed E-state index contributed by atoms with van der Waals surface area (Å²) < 4.78 is 16.7. The Morgan fingerprint density at radius 3 is 0.884 bits per heavy atom. The van der Waals surface area contributed by atoms with Gasteiger partial charge in [0.05, 0.1) is 0 Å². The van der Waals surface area contributed by atoms with Gasteiger partial charge < -0.3 is 14.2 Å². The third-order valence-electron chi connectivity index (χ3n) is 11.8. The van der Waals surface area contributed by atoms with Crippen molar-refractivity contribution in [2.45, 2.75) is 258 Å². The molecule has 0 heterocycles. The molecule has 392 valence electrons. The molecule has 0 aromatic rings. The van der Waals surface area contributed by atoms with Crippen LogP contribution in [0.3, 0.4) is 0 Å². The van der Waals surface area contributed by atoms with Crippen molar-refractivity contribution in [2.75, 3.05) is 13.2 Å². The zero-order valence-corrected chi connectivity index (χ0v) is 44.8. The van der Waals surface area contributed by atoms with E-state index in [0.29, 0.717) is 19.3 Å². The molecule has 0 spiro atoms. The quantitative estimate of drug-likeness (QED) is 0.0262. The highest BCUT2D eigenvalue weighted by atomic mass is 16.6. The van der Waals surface area contributed by atoms with Gasteiger partial charge in [-0.25, -0.2) is 0 Å². The zero-order valence-electron chi connectivity index (χ0n) is 44.8.